The van der Waals surface area contributed by atoms with E-state index >= 15 is 0 Å². The molecule has 2 N–H and O–H groups in total. The van der Waals surface area contributed by atoms with Crippen molar-refractivity contribution in [2.24, 2.45) is 17.8 Å². The fraction of sp³-hybridized carbons (Fsp3) is 0.553. The largest absolute Gasteiger partial charge is 0.496 e. The topological polar surface area (TPSA) is 157 Å². The van der Waals surface area contributed by atoms with E-state index in [0.717, 1.165) is 40.9 Å². The summed E-state index contributed by atoms with van der Waals surface area (Å²) in [4.78, 5) is 53.5. The monoisotopic (exact) mass is 749 g/mol. The second kappa shape index (κ2) is 14.1. The van der Waals surface area contributed by atoms with Gasteiger partial charge in [-0.1, -0.05) is 26.0 Å². The van der Waals surface area contributed by atoms with Gasteiger partial charge in [-0.15, -0.1) is 11.3 Å². The van der Waals surface area contributed by atoms with Gasteiger partial charge in [0, 0.05) is 41.9 Å². The maximum atomic E-state index is 14.3. The van der Waals surface area contributed by atoms with E-state index in [0.29, 0.717) is 48.5 Å². The molecule has 3 saturated carbocycles. The van der Waals surface area contributed by atoms with Crippen LogP contribution in [0.1, 0.15) is 82.4 Å². The first-order chi connectivity index (χ1) is 24.8. The molecule has 7 rings (SSSR count). The lowest BCUT2D eigenvalue weighted by atomic mass is 9.93. The van der Waals surface area contributed by atoms with E-state index in [2.05, 4.69) is 23.9 Å². The molecule has 0 bridgehead atoms. The smallest absolute Gasteiger partial charge is 0.259 e. The standard InChI is InChI=1S/C38H47N5O7S2/c1-21(2)30-20-51-35(40-30)29-18-32(26-13-14-31(49-5)22(3)33(26)39-29)50-24-16-27-28(17-24)36(45)43(4)15-9-7-6-8-10-23-19-38(23,41-34(27)44)37(46)42-52(47,48)25-11-12-25/h8,10,13-14,18,20-21,23-25,27-28H,6-7,9,11-12,15-17,19H2,1-5H3,(H,41,44)(H,42,46)/b10-8+/t23-,24+,27-,28-,38+/m0/s1. The Morgan fingerprint density at radius 1 is 1.12 bits per heavy atom. The van der Waals surface area contributed by atoms with E-state index in [1.54, 1.807) is 19.1 Å². The van der Waals surface area contributed by atoms with Crippen LogP contribution in [0.2, 0.25) is 0 Å². The number of nitrogens with one attached hydrogen (secondary N) is 2. The van der Waals surface area contributed by atoms with Crippen molar-refractivity contribution in [2.75, 3.05) is 20.7 Å². The average Bonchev–Trinajstić information content (AvgIpc) is 3.98. The molecule has 0 saturated heterocycles. The Morgan fingerprint density at radius 2 is 1.88 bits per heavy atom. The van der Waals surface area contributed by atoms with Crippen molar-refractivity contribution in [1.82, 2.24) is 24.9 Å². The van der Waals surface area contributed by atoms with Gasteiger partial charge in [-0.2, -0.15) is 0 Å². The van der Waals surface area contributed by atoms with Crippen molar-refractivity contribution in [1.29, 1.82) is 0 Å². The minimum absolute atomic E-state index is 0.147. The van der Waals surface area contributed by atoms with E-state index in [1.165, 1.54) is 11.3 Å². The van der Waals surface area contributed by atoms with Crippen molar-refractivity contribution in [2.45, 2.75) is 94.9 Å². The number of carbonyl (C=O) groups excluding carboxylic acids is 3. The number of thiazole rings is 1. The lowest BCUT2D eigenvalue weighted by Crippen LogP contribution is -2.54. The maximum absolute atomic E-state index is 14.3. The van der Waals surface area contributed by atoms with Crippen LogP contribution < -0.4 is 19.5 Å². The van der Waals surface area contributed by atoms with Gasteiger partial charge >= 0.3 is 0 Å². The third-order valence-corrected chi connectivity index (χ3v) is 13.7. The fourth-order valence-electron chi connectivity index (χ4n) is 7.55. The summed E-state index contributed by atoms with van der Waals surface area (Å²) in [7, 11) is -0.445. The summed E-state index contributed by atoms with van der Waals surface area (Å²) in [5, 5.41) is 5.95. The molecular weight excluding hydrogens is 703 g/mol. The van der Waals surface area contributed by atoms with Gasteiger partial charge < -0.3 is 19.7 Å². The summed E-state index contributed by atoms with van der Waals surface area (Å²) in [6, 6.07) is 5.66. The SMILES string of the molecule is COc1ccc2c(O[C@@H]3C[C@@H]4C(=O)N[C@]5(C(=O)NS(=O)(=O)C6CC6)C[C@@H]5/C=C/CCCCN(C)C(=O)[C@H]4C3)cc(-c3nc(C(C)C)cs3)nc2c1C. The number of methoxy groups -OCH3 is 1. The molecule has 14 heteroatoms. The molecule has 1 aliphatic heterocycles. The molecule has 1 aromatic carbocycles. The van der Waals surface area contributed by atoms with Gasteiger partial charge in [0.05, 0.1) is 35.4 Å². The molecule has 52 heavy (non-hydrogen) atoms. The highest BCUT2D eigenvalue weighted by Gasteiger charge is 2.62. The zero-order valence-electron chi connectivity index (χ0n) is 30.3. The van der Waals surface area contributed by atoms with E-state index in [1.807, 2.05) is 42.7 Å². The summed E-state index contributed by atoms with van der Waals surface area (Å²) >= 11 is 1.51. The van der Waals surface area contributed by atoms with Gasteiger partial charge in [-0.05, 0) is 76.3 Å². The molecule has 4 aliphatic rings. The molecule has 3 heterocycles. The van der Waals surface area contributed by atoms with Gasteiger partial charge in [-0.25, -0.2) is 18.4 Å². The first kappa shape index (κ1) is 36.3. The van der Waals surface area contributed by atoms with Gasteiger partial charge in [-0.3, -0.25) is 19.1 Å². The number of allylic oxidation sites excluding steroid dienone is 1. The normalized spacial score (nSPS) is 27.4. The number of amides is 3. The van der Waals surface area contributed by atoms with Crippen LogP contribution in [-0.2, 0) is 24.4 Å². The summed E-state index contributed by atoms with van der Waals surface area (Å²) in [6.45, 7) is 6.69. The number of pyridine rings is 1. The van der Waals surface area contributed by atoms with Crippen LogP contribution in [0.25, 0.3) is 21.6 Å². The summed E-state index contributed by atoms with van der Waals surface area (Å²) < 4.78 is 40.2. The highest BCUT2D eigenvalue weighted by atomic mass is 32.2. The molecule has 0 radical (unpaired) electrons. The number of hydrogen-bond donors (Lipinski definition) is 2. The number of carbonyl (C=O) groups is 3. The molecule has 278 valence electrons. The first-order valence-electron chi connectivity index (χ1n) is 18.2. The van der Waals surface area contributed by atoms with E-state index in [4.69, 9.17) is 19.4 Å². The molecule has 3 aromatic rings. The Hall–Kier alpha value is -4.04. The quantitative estimate of drug-likeness (QED) is 0.294. The van der Waals surface area contributed by atoms with Crippen LogP contribution in [0.5, 0.6) is 11.5 Å². The number of ether oxygens (including phenoxy) is 2. The zero-order valence-corrected chi connectivity index (χ0v) is 31.9. The summed E-state index contributed by atoms with van der Waals surface area (Å²) in [5.41, 5.74) is 1.79. The van der Waals surface area contributed by atoms with Crippen molar-refractivity contribution >= 4 is 50.0 Å². The van der Waals surface area contributed by atoms with E-state index in [9.17, 15) is 22.8 Å². The molecule has 0 spiro atoms. The molecule has 12 nitrogen and oxygen atoms in total. The predicted octanol–water partition coefficient (Wildman–Crippen LogP) is 5.25. The molecule has 3 amide bonds. The highest BCUT2D eigenvalue weighted by molar-refractivity contribution is 7.91. The number of sulfonamides is 1. The minimum Gasteiger partial charge on any atom is -0.496 e. The molecule has 0 unspecified atom stereocenters. The number of hydrogen-bond acceptors (Lipinski definition) is 10. The minimum atomic E-state index is -3.83. The molecule has 3 aliphatic carbocycles. The van der Waals surface area contributed by atoms with Crippen LogP contribution >= 0.6 is 11.3 Å². The lowest BCUT2D eigenvalue weighted by Gasteiger charge is -2.26. The van der Waals surface area contributed by atoms with Crippen LogP contribution in [0.3, 0.4) is 0 Å². The second-order valence-corrected chi connectivity index (χ2v) is 17.9. The van der Waals surface area contributed by atoms with Gasteiger partial charge in [0.15, 0.2) is 0 Å². The Kier molecular flexibility index (Phi) is 9.83. The predicted molar refractivity (Wildman–Crippen MR) is 199 cm³/mol. The maximum Gasteiger partial charge on any atom is 0.259 e. The molecule has 5 atom stereocenters. The number of benzene rings is 1. The van der Waals surface area contributed by atoms with Crippen molar-refractivity contribution in [3.05, 3.63) is 47.0 Å². The number of aryl methyl sites for hydroxylation is 1. The van der Waals surface area contributed by atoms with Crippen LogP contribution in [0, 0.1) is 24.7 Å². The number of nitrogens with zero attached hydrogens (tertiary/aromatic N) is 3. The number of fused-ring (bicyclic) bond motifs is 3. The first-order valence-corrected chi connectivity index (χ1v) is 20.6. The third kappa shape index (κ3) is 7.03. The van der Waals surface area contributed by atoms with Crippen molar-refractivity contribution < 1.29 is 32.3 Å². The van der Waals surface area contributed by atoms with Gasteiger partial charge in [0.25, 0.3) is 5.91 Å². The van der Waals surface area contributed by atoms with E-state index in [-0.39, 0.29) is 30.6 Å². The summed E-state index contributed by atoms with van der Waals surface area (Å²) in [6.07, 6.45) is 7.61. The molecule has 3 fully saturated rings. The van der Waals surface area contributed by atoms with Gasteiger partial charge in [0.2, 0.25) is 21.8 Å². The van der Waals surface area contributed by atoms with E-state index < -0.39 is 50.6 Å². The van der Waals surface area contributed by atoms with Crippen molar-refractivity contribution in [3.8, 4) is 22.2 Å². The molecular formula is C38H47N5O7S2. The Morgan fingerprint density at radius 3 is 2.60 bits per heavy atom. The summed E-state index contributed by atoms with van der Waals surface area (Å²) in [5.74, 6) is -1.63. The van der Waals surface area contributed by atoms with Crippen LogP contribution in [0.15, 0.2) is 35.7 Å². The van der Waals surface area contributed by atoms with Crippen molar-refractivity contribution in [3.63, 3.8) is 0 Å². The van der Waals surface area contributed by atoms with Crippen LogP contribution in [0.4, 0.5) is 0 Å². The highest BCUT2D eigenvalue weighted by Crippen LogP contribution is 2.47. The Bertz CT molecular complexity index is 2040. The zero-order chi connectivity index (χ0) is 36.9. The average molecular weight is 750 g/mol. The molecule has 2 aromatic heterocycles. The Balaban J connectivity index is 1.21. The lowest BCUT2D eigenvalue weighted by molar-refractivity contribution is -0.140. The van der Waals surface area contributed by atoms with Crippen LogP contribution in [-0.4, -0.2) is 78.6 Å². The Labute approximate surface area is 308 Å². The second-order valence-electron chi connectivity index (χ2n) is 15.1. The third-order valence-electron chi connectivity index (χ3n) is 11.0. The number of rotatable bonds is 8. The fourth-order valence-corrected chi connectivity index (χ4v) is 9.85. The number of aromatic nitrogens is 2. The van der Waals surface area contributed by atoms with Gasteiger partial charge in [0.1, 0.15) is 33.8 Å².